The number of carboxylic acids is 1. The van der Waals surface area contributed by atoms with Crippen LogP contribution in [0.4, 0.5) is 0 Å². The minimum atomic E-state index is -0.971. The van der Waals surface area contributed by atoms with Crippen LogP contribution in [0.2, 0.25) is 5.02 Å². The van der Waals surface area contributed by atoms with E-state index in [9.17, 15) is 9.90 Å². The summed E-state index contributed by atoms with van der Waals surface area (Å²) < 4.78 is 0.728. The van der Waals surface area contributed by atoms with Crippen LogP contribution in [0.3, 0.4) is 0 Å². The SMILES string of the molecule is O=C(O)c1cc(Br)ccc1-c1ccccc1Cl. The molecule has 86 valence electrons. The Balaban J connectivity index is 2.68. The Labute approximate surface area is 112 Å². The maximum absolute atomic E-state index is 11.2. The smallest absolute Gasteiger partial charge is 0.336 e. The summed E-state index contributed by atoms with van der Waals surface area (Å²) in [4.78, 5) is 11.2. The first-order valence-corrected chi connectivity index (χ1v) is 6.04. The van der Waals surface area contributed by atoms with Gasteiger partial charge in [-0.1, -0.05) is 51.8 Å². The highest BCUT2D eigenvalue weighted by Crippen LogP contribution is 2.31. The molecule has 0 aromatic heterocycles. The lowest BCUT2D eigenvalue weighted by Gasteiger charge is -2.08. The van der Waals surface area contributed by atoms with E-state index >= 15 is 0 Å². The summed E-state index contributed by atoms with van der Waals surface area (Å²) in [6.45, 7) is 0. The zero-order valence-electron chi connectivity index (χ0n) is 8.65. The Morgan fingerprint density at radius 2 is 1.82 bits per heavy atom. The molecule has 2 nitrogen and oxygen atoms in total. The molecule has 0 radical (unpaired) electrons. The van der Waals surface area contributed by atoms with Crippen LogP contribution in [0, 0.1) is 0 Å². The van der Waals surface area contributed by atoms with Gasteiger partial charge in [0, 0.05) is 15.1 Å². The second-order valence-corrected chi connectivity index (χ2v) is 4.80. The molecule has 0 aliphatic heterocycles. The second kappa shape index (κ2) is 4.90. The van der Waals surface area contributed by atoms with Gasteiger partial charge in [0.1, 0.15) is 0 Å². The molecule has 2 aromatic carbocycles. The van der Waals surface area contributed by atoms with Gasteiger partial charge in [-0.25, -0.2) is 4.79 Å². The number of halogens is 2. The minimum Gasteiger partial charge on any atom is -0.478 e. The van der Waals surface area contributed by atoms with Crippen molar-refractivity contribution in [3.8, 4) is 11.1 Å². The molecule has 0 unspecified atom stereocenters. The maximum atomic E-state index is 11.2. The number of benzene rings is 2. The number of carboxylic acid groups (broad SMARTS) is 1. The Morgan fingerprint density at radius 3 is 2.47 bits per heavy atom. The zero-order valence-corrected chi connectivity index (χ0v) is 11.0. The van der Waals surface area contributed by atoms with E-state index in [2.05, 4.69) is 15.9 Å². The van der Waals surface area contributed by atoms with Crippen molar-refractivity contribution in [2.75, 3.05) is 0 Å². The molecule has 0 amide bonds. The number of aromatic carboxylic acids is 1. The molecule has 0 aliphatic carbocycles. The molecule has 2 aromatic rings. The van der Waals surface area contributed by atoms with Crippen molar-refractivity contribution in [3.05, 3.63) is 57.5 Å². The van der Waals surface area contributed by atoms with Crippen LogP contribution in [-0.2, 0) is 0 Å². The molecule has 0 saturated carbocycles. The molecule has 1 N–H and O–H groups in total. The van der Waals surface area contributed by atoms with Crippen LogP contribution in [0.1, 0.15) is 10.4 Å². The average Bonchev–Trinajstić information content (AvgIpc) is 2.30. The minimum absolute atomic E-state index is 0.229. The van der Waals surface area contributed by atoms with Crippen LogP contribution in [0.5, 0.6) is 0 Å². The van der Waals surface area contributed by atoms with E-state index in [4.69, 9.17) is 11.6 Å². The normalized spacial score (nSPS) is 10.2. The van der Waals surface area contributed by atoms with Crippen molar-refractivity contribution in [2.24, 2.45) is 0 Å². The van der Waals surface area contributed by atoms with E-state index in [1.165, 1.54) is 0 Å². The molecule has 0 fully saturated rings. The fourth-order valence-electron chi connectivity index (χ4n) is 1.61. The lowest BCUT2D eigenvalue weighted by atomic mass is 10.00. The van der Waals surface area contributed by atoms with Crippen molar-refractivity contribution >= 4 is 33.5 Å². The largest absolute Gasteiger partial charge is 0.478 e. The van der Waals surface area contributed by atoms with Crippen LogP contribution in [0.25, 0.3) is 11.1 Å². The predicted molar refractivity (Wildman–Crippen MR) is 71.5 cm³/mol. The van der Waals surface area contributed by atoms with Crippen molar-refractivity contribution in [2.45, 2.75) is 0 Å². The van der Waals surface area contributed by atoms with Crippen molar-refractivity contribution in [1.82, 2.24) is 0 Å². The molecular formula is C13H8BrClO2. The first-order chi connectivity index (χ1) is 8.09. The van der Waals surface area contributed by atoms with Gasteiger partial charge in [-0.3, -0.25) is 0 Å². The number of hydrogen-bond donors (Lipinski definition) is 1. The fourth-order valence-corrected chi connectivity index (χ4v) is 2.21. The first kappa shape index (κ1) is 12.1. The van der Waals surface area contributed by atoms with Crippen LogP contribution in [0.15, 0.2) is 46.9 Å². The molecule has 2 rings (SSSR count). The quantitative estimate of drug-likeness (QED) is 0.888. The third-order valence-electron chi connectivity index (χ3n) is 2.38. The molecule has 0 aliphatic rings. The molecule has 0 spiro atoms. The zero-order chi connectivity index (χ0) is 12.4. The number of hydrogen-bond acceptors (Lipinski definition) is 1. The Morgan fingerprint density at radius 1 is 1.12 bits per heavy atom. The van der Waals surface area contributed by atoms with Crippen LogP contribution in [-0.4, -0.2) is 11.1 Å². The summed E-state index contributed by atoms with van der Waals surface area (Å²) >= 11 is 9.33. The van der Waals surface area contributed by atoms with Gasteiger partial charge >= 0.3 is 5.97 Å². The second-order valence-electron chi connectivity index (χ2n) is 3.47. The summed E-state index contributed by atoms with van der Waals surface area (Å²) in [6.07, 6.45) is 0. The van der Waals surface area contributed by atoms with Gasteiger partial charge < -0.3 is 5.11 Å². The van der Waals surface area contributed by atoms with Crippen LogP contribution >= 0.6 is 27.5 Å². The Hall–Kier alpha value is -1.32. The van der Waals surface area contributed by atoms with Crippen molar-refractivity contribution < 1.29 is 9.90 Å². The molecule has 0 heterocycles. The van der Waals surface area contributed by atoms with Gasteiger partial charge in [0.2, 0.25) is 0 Å². The van der Waals surface area contributed by atoms with E-state index in [1.54, 1.807) is 30.3 Å². The number of carbonyl (C=O) groups is 1. The summed E-state index contributed by atoms with van der Waals surface area (Å²) in [5.41, 5.74) is 1.57. The average molecular weight is 312 g/mol. The van der Waals surface area contributed by atoms with Crippen molar-refractivity contribution in [3.63, 3.8) is 0 Å². The summed E-state index contributed by atoms with van der Waals surface area (Å²) in [7, 11) is 0. The summed E-state index contributed by atoms with van der Waals surface area (Å²) in [6, 6.07) is 12.3. The lowest BCUT2D eigenvalue weighted by molar-refractivity contribution is 0.0697. The molecule has 17 heavy (non-hydrogen) atoms. The Kier molecular flexibility index (Phi) is 3.50. The van der Waals surface area contributed by atoms with Gasteiger partial charge in [-0.15, -0.1) is 0 Å². The highest BCUT2D eigenvalue weighted by molar-refractivity contribution is 9.10. The summed E-state index contributed by atoms with van der Waals surface area (Å²) in [5.74, 6) is -0.971. The predicted octanol–water partition coefficient (Wildman–Crippen LogP) is 4.47. The number of rotatable bonds is 2. The highest BCUT2D eigenvalue weighted by Gasteiger charge is 2.13. The van der Waals surface area contributed by atoms with Gasteiger partial charge in [0.25, 0.3) is 0 Å². The van der Waals surface area contributed by atoms with Gasteiger partial charge in [0.05, 0.1) is 5.56 Å². The van der Waals surface area contributed by atoms with Gasteiger partial charge in [-0.05, 0) is 23.8 Å². The van der Waals surface area contributed by atoms with E-state index < -0.39 is 5.97 Å². The first-order valence-electron chi connectivity index (χ1n) is 4.87. The molecule has 0 bridgehead atoms. The van der Waals surface area contributed by atoms with E-state index in [-0.39, 0.29) is 5.56 Å². The van der Waals surface area contributed by atoms with E-state index in [0.717, 1.165) is 10.0 Å². The lowest BCUT2D eigenvalue weighted by Crippen LogP contribution is -1.99. The fraction of sp³-hybridized carbons (Fsp3) is 0. The van der Waals surface area contributed by atoms with E-state index in [0.29, 0.717) is 10.6 Å². The monoisotopic (exact) mass is 310 g/mol. The van der Waals surface area contributed by atoms with Gasteiger partial charge in [-0.2, -0.15) is 0 Å². The third-order valence-corrected chi connectivity index (χ3v) is 3.20. The van der Waals surface area contributed by atoms with Gasteiger partial charge in [0.15, 0.2) is 0 Å². The molecule has 0 saturated heterocycles. The third kappa shape index (κ3) is 2.51. The van der Waals surface area contributed by atoms with Crippen LogP contribution < -0.4 is 0 Å². The Bertz CT molecular complexity index is 581. The van der Waals surface area contributed by atoms with Crippen molar-refractivity contribution in [1.29, 1.82) is 0 Å². The molecule has 4 heteroatoms. The highest BCUT2D eigenvalue weighted by atomic mass is 79.9. The van der Waals surface area contributed by atoms with E-state index in [1.807, 2.05) is 12.1 Å². The topological polar surface area (TPSA) is 37.3 Å². The molecular weight excluding hydrogens is 303 g/mol. The maximum Gasteiger partial charge on any atom is 0.336 e. The summed E-state index contributed by atoms with van der Waals surface area (Å²) in [5, 5.41) is 9.72. The molecule has 0 atom stereocenters. The standard InChI is InChI=1S/C13H8BrClO2/c14-8-5-6-9(11(7-8)13(16)17)10-3-1-2-4-12(10)15/h1-7H,(H,16,17).